The molecule has 1 saturated carbocycles. The van der Waals surface area contributed by atoms with E-state index in [-0.39, 0.29) is 0 Å². The van der Waals surface area contributed by atoms with Gasteiger partial charge in [-0.2, -0.15) is 0 Å². The molecule has 0 amide bonds. The van der Waals surface area contributed by atoms with Crippen molar-refractivity contribution in [2.45, 2.75) is 65.2 Å². The number of carbonyl (C=O) groups is 1. The molecular weight excluding hydrogens is 160 g/mol. The molecule has 76 valence electrons. The smallest absolute Gasteiger partial charge is 0.133 e. The molecule has 0 saturated heterocycles. The van der Waals surface area contributed by atoms with Crippen LogP contribution in [0.15, 0.2) is 0 Å². The van der Waals surface area contributed by atoms with E-state index in [0.29, 0.717) is 11.2 Å². The van der Waals surface area contributed by atoms with E-state index in [1.54, 1.807) is 0 Å². The Morgan fingerprint density at radius 1 is 1.38 bits per heavy atom. The third-order valence-corrected chi connectivity index (χ3v) is 3.24. The normalized spacial score (nSPS) is 30.2. The first-order valence-electron chi connectivity index (χ1n) is 5.68. The Morgan fingerprint density at radius 2 is 2.15 bits per heavy atom. The molecule has 0 aromatic rings. The number of Topliss-reactive ketones (excluding diaryl/α,β-unsaturated/α-hetero) is 1. The van der Waals surface area contributed by atoms with Gasteiger partial charge in [0, 0.05) is 12.8 Å². The minimum Gasteiger partial charge on any atom is -0.300 e. The summed E-state index contributed by atoms with van der Waals surface area (Å²) in [5.41, 5.74) is 0.337. The van der Waals surface area contributed by atoms with Crippen molar-refractivity contribution in [3.05, 3.63) is 0 Å². The Labute approximate surface area is 81.9 Å². The first kappa shape index (κ1) is 10.7. The quantitative estimate of drug-likeness (QED) is 0.608. The largest absolute Gasteiger partial charge is 0.300 e. The van der Waals surface area contributed by atoms with Gasteiger partial charge in [0.25, 0.3) is 0 Å². The topological polar surface area (TPSA) is 17.1 Å². The van der Waals surface area contributed by atoms with Crippen LogP contribution in [0.25, 0.3) is 0 Å². The molecule has 0 unspecified atom stereocenters. The second kappa shape index (κ2) is 4.78. The fourth-order valence-corrected chi connectivity index (χ4v) is 2.34. The lowest BCUT2D eigenvalue weighted by Crippen LogP contribution is -2.18. The minimum atomic E-state index is 0.337. The van der Waals surface area contributed by atoms with Crippen LogP contribution in [0.3, 0.4) is 0 Å². The maximum Gasteiger partial charge on any atom is 0.133 e. The highest BCUT2D eigenvalue weighted by Crippen LogP contribution is 2.37. The van der Waals surface area contributed by atoms with Crippen molar-refractivity contribution >= 4 is 5.78 Å². The highest BCUT2D eigenvalue weighted by Gasteiger charge is 2.28. The van der Waals surface area contributed by atoms with Crippen LogP contribution in [0.4, 0.5) is 0 Å². The molecule has 0 aromatic heterocycles. The van der Waals surface area contributed by atoms with Crippen LogP contribution in [0.5, 0.6) is 0 Å². The summed E-state index contributed by atoms with van der Waals surface area (Å²) in [4.78, 5) is 11.5. The molecule has 1 rings (SSSR count). The molecular formula is C12H22O. The molecule has 0 heterocycles. The zero-order valence-corrected chi connectivity index (χ0v) is 9.07. The van der Waals surface area contributed by atoms with Gasteiger partial charge in [-0.3, -0.25) is 4.79 Å². The lowest BCUT2D eigenvalue weighted by atomic mass is 9.78. The number of hydrogen-bond acceptors (Lipinski definition) is 1. The zero-order chi connectivity index (χ0) is 9.73. The predicted octanol–water partition coefficient (Wildman–Crippen LogP) is 3.72. The lowest BCUT2D eigenvalue weighted by Gasteiger charge is -2.27. The first-order valence-corrected chi connectivity index (χ1v) is 5.68. The zero-order valence-electron chi connectivity index (χ0n) is 9.07. The van der Waals surface area contributed by atoms with Crippen LogP contribution in [-0.2, 0) is 4.79 Å². The van der Waals surface area contributed by atoms with Crippen LogP contribution in [-0.4, -0.2) is 5.78 Å². The maximum absolute atomic E-state index is 11.5. The summed E-state index contributed by atoms with van der Waals surface area (Å²) in [5, 5.41) is 0. The highest BCUT2D eigenvalue weighted by molar-refractivity contribution is 5.79. The average Bonchev–Trinajstić information content (AvgIpc) is 2.24. The van der Waals surface area contributed by atoms with E-state index in [0.717, 1.165) is 19.3 Å². The number of carbonyl (C=O) groups excluding carboxylic acids is 1. The van der Waals surface area contributed by atoms with Gasteiger partial charge in [0.05, 0.1) is 0 Å². The fraction of sp³-hybridized carbons (Fsp3) is 0.917. The molecule has 1 heteroatoms. The van der Waals surface area contributed by atoms with E-state index < -0.39 is 0 Å². The summed E-state index contributed by atoms with van der Waals surface area (Å²) < 4.78 is 0. The Balaban J connectivity index is 2.47. The van der Waals surface area contributed by atoms with Gasteiger partial charge in [-0.25, -0.2) is 0 Å². The standard InChI is InChI=1S/C12H22O/c1-3-4-8-12(2)9-6-5-7-11(13)10-12/h3-10H2,1-2H3/t12-/m0/s1. The van der Waals surface area contributed by atoms with Gasteiger partial charge in [0.1, 0.15) is 5.78 Å². The van der Waals surface area contributed by atoms with E-state index in [4.69, 9.17) is 0 Å². The van der Waals surface area contributed by atoms with Gasteiger partial charge in [0.15, 0.2) is 0 Å². The van der Waals surface area contributed by atoms with E-state index in [9.17, 15) is 4.79 Å². The number of rotatable bonds is 3. The maximum atomic E-state index is 11.5. The molecule has 1 nitrogen and oxygen atoms in total. The second-order valence-electron chi connectivity index (χ2n) is 4.84. The molecule has 0 radical (unpaired) electrons. The second-order valence-corrected chi connectivity index (χ2v) is 4.84. The number of unbranched alkanes of at least 4 members (excludes halogenated alkanes) is 1. The Hall–Kier alpha value is -0.330. The number of ketones is 1. The fourth-order valence-electron chi connectivity index (χ4n) is 2.34. The van der Waals surface area contributed by atoms with Gasteiger partial charge in [-0.05, 0) is 24.7 Å². The van der Waals surface area contributed by atoms with Crippen molar-refractivity contribution in [1.82, 2.24) is 0 Å². The molecule has 1 atom stereocenters. The van der Waals surface area contributed by atoms with Crippen molar-refractivity contribution < 1.29 is 4.79 Å². The molecule has 1 aliphatic rings. The number of hydrogen-bond donors (Lipinski definition) is 0. The third kappa shape index (κ3) is 3.50. The predicted molar refractivity (Wildman–Crippen MR) is 55.7 cm³/mol. The third-order valence-electron chi connectivity index (χ3n) is 3.24. The van der Waals surface area contributed by atoms with Crippen LogP contribution in [0, 0.1) is 5.41 Å². The Morgan fingerprint density at radius 3 is 2.85 bits per heavy atom. The Bertz CT molecular complexity index is 174. The van der Waals surface area contributed by atoms with Crippen molar-refractivity contribution in [3.8, 4) is 0 Å². The molecule has 0 bridgehead atoms. The summed E-state index contributed by atoms with van der Waals surface area (Å²) >= 11 is 0. The van der Waals surface area contributed by atoms with Gasteiger partial charge < -0.3 is 0 Å². The highest BCUT2D eigenvalue weighted by atomic mass is 16.1. The summed E-state index contributed by atoms with van der Waals surface area (Å²) in [5.74, 6) is 0.496. The molecule has 1 aliphatic carbocycles. The van der Waals surface area contributed by atoms with Gasteiger partial charge in [-0.1, -0.05) is 33.1 Å². The van der Waals surface area contributed by atoms with Crippen molar-refractivity contribution in [2.75, 3.05) is 0 Å². The molecule has 1 fully saturated rings. The molecule has 13 heavy (non-hydrogen) atoms. The van der Waals surface area contributed by atoms with Gasteiger partial charge in [0.2, 0.25) is 0 Å². The SMILES string of the molecule is CCCC[C@@]1(C)CCCCC(=O)C1. The molecule has 0 aromatic carbocycles. The summed E-state index contributed by atoms with van der Waals surface area (Å²) in [7, 11) is 0. The van der Waals surface area contributed by atoms with Crippen molar-refractivity contribution in [3.63, 3.8) is 0 Å². The lowest BCUT2D eigenvalue weighted by molar-refractivity contribution is -0.120. The summed E-state index contributed by atoms with van der Waals surface area (Å²) in [6.07, 6.45) is 9.10. The van der Waals surface area contributed by atoms with Crippen molar-refractivity contribution in [1.29, 1.82) is 0 Å². The van der Waals surface area contributed by atoms with E-state index in [2.05, 4.69) is 13.8 Å². The first-order chi connectivity index (χ1) is 6.16. The molecule has 0 aliphatic heterocycles. The van der Waals surface area contributed by atoms with Crippen molar-refractivity contribution in [2.24, 2.45) is 5.41 Å². The van der Waals surface area contributed by atoms with E-state index in [1.165, 1.54) is 32.1 Å². The molecule has 0 spiro atoms. The van der Waals surface area contributed by atoms with Gasteiger partial charge >= 0.3 is 0 Å². The minimum absolute atomic E-state index is 0.337. The van der Waals surface area contributed by atoms with E-state index in [1.807, 2.05) is 0 Å². The van der Waals surface area contributed by atoms with Crippen LogP contribution < -0.4 is 0 Å². The summed E-state index contributed by atoms with van der Waals surface area (Å²) in [6, 6.07) is 0. The van der Waals surface area contributed by atoms with E-state index >= 15 is 0 Å². The van der Waals surface area contributed by atoms with Crippen LogP contribution in [0.1, 0.15) is 65.2 Å². The van der Waals surface area contributed by atoms with Gasteiger partial charge in [-0.15, -0.1) is 0 Å². The Kier molecular flexibility index (Phi) is 3.95. The summed E-state index contributed by atoms with van der Waals surface area (Å²) in [6.45, 7) is 4.52. The van der Waals surface area contributed by atoms with Crippen LogP contribution in [0.2, 0.25) is 0 Å². The average molecular weight is 182 g/mol. The monoisotopic (exact) mass is 182 g/mol. The molecule has 0 N–H and O–H groups in total. The van der Waals surface area contributed by atoms with Crippen LogP contribution >= 0.6 is 0 Å².